The van der Waals surface area contributed by atoms with Crippen molar-refractivity contribution in [2.45, 2.75) is 40.0 Å². The summed E-state index contributed by atoms with van der Waals surface area (Å²) in [5, 5.41) is 0. The van der Waals surface area contributed by atoms with Crippen molar-refractivity contribution in [1.82, 2.24) is 0 Å². The molecule has 0 aromatic rings. The fraction of sp³-hybridized carbons (Fsp3) is 0.778. The van der Waals surface area contributed by atoms with Gasteiger partial charge in [0.15, 0.2) is 0 Å². The van der Waals surface area contributed by atoms with E-state index in [0.29, 0.717) is 12.8 Å². The standard InChI is InChI=1S/C9H16O2/c1-4-6-8(7(3)10)9(11)5-2/h8H,4-6H2,1-3H3. The maximum absolute atomic E-state index is 11.1. The molecule has 0 heterocycles. The molecule has 0 fully saturated rings. The highest BCUT2D eigenvalue weighted by atomic mass is 16.1. The molecule has 0 aliphatic rings. The fourth-order valence-corrected chi connectivity index (χ4v) is 1.13. The van der Waals surface area contributed by atoms with E-state index in [2.05, 4.69) is 0 Å². The predicted octanol–water partition coefficient (Wildman–Crippen LogP) is 1.97. The van der Waals surface area contributed by atoms with Crippen molar-refractivity contribution in [3.05, 3.63) is 0 Å². The SMILES string of the molecule is CCCC(C(C)=O)C(=O)CC. The second kappa shape index (κ2) is 5.05. The van der Waals surface area contributed by atoms with Gasteiger partial charge in [0.05, 0.1) is 5.92 Å². The Balaban J connectivity index is 4.09. The number of carbonyl (C=O) groups is 2. The molecule has 1 atom stereocenters. The van der Waals surface area contributed by atoms with Crippen LogP contribution in [0.5, 0.6) is 0 Å². The van der Waals surface area contributed by atoms with Gasteiger partial charge >= 0.3 is 0 Å². The summed E-state index contributed by atoms with van der Waals surface area (Å²) in [4.78, 5) is 22.0. The van der Waals surface area contributed by atoms with Gasteiger partial charge in [0, 0.05) is 6.42 Å². The quantitative estimate of drug-likeness (QED) is 0.570. The van der Waals surface area contributed by atoms with Crippen molar-refractivity contribution in [3.8, 4) is 0 Å². The average Bonchev–Trinajstić information content (AvgIpc) is 1.98. The van der Waals surface area contributed by atoms with Gasteiger partial charge < -0.3 is 0 Å². The zero-order valence-electron chi connectivity index (χ0n) is 7.52. The molecule has 0 amide bonds. The molecule has 2 heteroatoms. The van der Waals surface area contributed by atoms with Gasteiger partial charge in [0.1, 0.15) is 11.6 Å². The van der Waals surface area contributed by atoms with E-state index < -0.39 is 0 Å². The minimum Gasteiger partial charge on any atom is -0.299 e. The number of carbonyl (C=O) groups excluding carboxylic acids is 2. The Morgan fingerprint density at radius 2 is 1.82 bits per heavy atom. The van der Waals surface area contributed by atoms with E-state index in [1.807, 2.05) is 6.92 Å². The van der Waals surface area contributed by atoms with Crippen LogP contribution in [0.15, 0.2) is 0 Å². The Labute approximate surface area is 68.0 Å². The molecule has 64 valence electrons. The zero-order valence-corrected chi connectivity index (χ0v) is 7.52. The zero-order chi connectivity index (χ0) is 8.85. The Hall–Kier alpha value is -0.660. The number of ketones is 2. The fourth-order valence-electron chi connectivity index (χ4n) is 1.13. The van der Waals surface area contributed by atoms with Crippen molar-refractivity contribution >= 4 is 11.6 Å². The van der Waals surface area contributed by atoms with Crippen LogP contribution in [-0.2, 0) is 9.59 Å². The van der Waals surface area contributed by atoms with Gasteiger partial charge in [-0.25, -0.2) is 0 Å². The van der Waals surface area contributed by atoms with Gasteiger partial charge in [-0.1, -0.05) is 20.3 Å². The van der Waals surface area contributed by atoms with E-state index >= 15 is 0 Å². The van der Waals surface area contributed by atoms with Crippen LogP contribution in [0, 0.1) is 5.92 Å². The van der Waals surface area contributed by atoms with E-state index in [0.717, 1.165) is 6.42 Å². The van der Waals surface area contributed by atoms with Gasteiger partial charge in [0.2, 0.25) is 0 Å². The molecular weight excluding hydrogens is 140 g/mol. The largest absolute Gasteiger partial charge is 0.299 e. The molecule has 0 saturated carbocycles. The van der Waals surface area contributed by atoms with Crippen LogP contribution in [0.25, 0.3) is 0 Å². The van der Waals surface area contributed by atoms with Gasteiger partial charge in [-0.15, -0.1) is 0 Å². The summed E-state index contributed by atoms with van der Waals surface area (Å²) in [6.45, 7) is 5.28. The summed E-state index contributed by atoms with van der Waals surface area (Å²) < 4.78 is 0. The molecule has 1 unspecified atom stereocenters. The molecule has 11 heavy (non-hydrogen) atoms. The normalized spacial score (nSPS) is 12.6. The minimum absolute atomic E-state index is 0.0127. The topological polar surface area (TPSA) is 34.1 Å². The highest BCUT2D eigenvalue weighted by Gasteiger charge is 2.19. The van der Waals surface area contributed by atoms with Crippen LogP contribution in [-0.4, -0.2) is 11.6 Å². The minimum atomic E-state index is -0.329. The number of rotatable bonds is 5. The Bertz CT molecular complexity index is 150. The number of hydrogen-bond donors (Lipinski definition) is 0. The van der Waals surface area contributed by atoms with Crippen molar-refractivity contribution in [2.75, 3.05) is 0 Å². The summed E-state index contributed by atoms with van der Waals surface area (Å²) in [5.74, 6) is -0.233. The van der Waals surface area contributed by atoms with Gasteiger partial charge in [0.25, 0.3) is 0 Å². The molecule has 0 aliphatic heterocycles. The lowest BCUT2D eigenvalue weighted by Crippen LogP contribution is -2.20. The Morgan fingerprint density at radius 3 is 2.09 bits per heavy atom. The van der Waals surface area contributed by atoms with Crippen molar-refractivity contribution in [1.29, 1.82) is 0 Å². The highest BCUT2D eigenvalue weighted by molar-refractivity contribution is 6.01. The Kier molecular flexibility index (Phi) is 4.75. The summed E-state index contributed by atoms with van der Waals surface area (Å²) in [7, 11) is 0. The second-order valence-corrected chi connectivity index (χ2v) is 2.77. The first-order valence-electron chi connectivity index (χ1n) is 4.16. The highest BCUT2D eigenvalue weighted by Crippen LogP contribution is 2.10. The molecule has 0 radical (unpaired) electrons. The van der Waals surface area contributed by atoms with Crippen LogP contribution in [0.2, 0.25) is 0 Å². The maximum atomic E-state index is 11.1. The summed E-state index contributed by atoms with van der Waals surface area (Å²) in [6, 6.07) is 0. The van der Waals surface area contributed by atoms with Gasteiger partial charge in [-0.2, -0.15) is 0 Å². The molecule has 0 spiro atoms. The third-order valence-electron chi connectivity index (χ3n) is 1.81. The third kappa shape index (κ3) is 3.30. The summed E-state index contributed by atoms with van der Waals surface area (Å²) in [5.41, 5.74) is 0. The Morgan fingerprint density at radius 1 is 1.27 bits per heavy atom. The monoisotopic (exact) mass is 156 g/mol. The van der Waals surface area contributed by atoms with Gasteiger partial charge in [-0.3, -0.25) is 9.59 Å². The van der Waals surface area contributed by atoms with Gasteiger partial charge in [-0.05, 0) is 13.3 Å². The first-order chi connectivity index (χ1) is 5.13. The second-order valence-electron chi connectivity index (χ2n) is 2.77. The molecule has 0 N–H and O–H groups in total. The van der Waals surface area contributed by atoms with Crippen molar-refractivity contribution < 1.29 is 9.59 Å². The average molecular weight is 156 g/mol. The maximum Gasteiger partial charge on any atom is 0.143 e. The van der Waals surface area contributed by atoms with E-state index in [1.54, 1.807) is 6.92 Å². The summed E-state index contributed by atoms with van der Waals surface area (Å²) >= 11 is 0. The summed E-state index contributed by atoms with van der Waals surface area (Å²) in [6.07, 6.45) is 2.09. The van der Waals surface area contributed by atoms with Crippen LogP contribution < -0.4 is 0 Å². The lowest BCUT2D eigenvalue weighted by atomic mass is 9.93. The third-order valence-corrected chi connectivity index (χ3v) is 1.81. The van der Waals surface area contributed by atoms with E-state index in [1.165, 1.54) is 6.92 Å². The van der Waals surface area contributed by atoms with E-state index in [4.69, 9.17) is 0 Å². The molecular formula is C9H16O2. The molecule has 0 saturated heterocycles. The molecule has 0 bridgehead atoms. The number of hydrogen-bond acceptors (Lipinski definition) is 2. The lowest BCUT2D eigenvalue weighted by Gasteiger charge is -2.08. The lowest BCUT2D eigenvalue weighted by molar-refractivity contribution is -0.131. The number of Topliss-reactive ketones (excluding diaryl/α,β-unsaturated/α-hetero) is 2. The molecule has 0 rings (SSSR count). The van der Waals surface area contributed by atoms with Crippen LogP contribution in [0.4, 0.5) is 0 Å². The van der Waals surface area contributed by atoms with E-state index in [-0.39, 0.29) is 17.5 Å². The van der Waals surface area contributed by atoms with Crippen LogP contribution >= 0.6 is 0 Å². The van der Waals surface area contributed by atoms with Crippen molar-refractivity contribution in [2.24, 2.45) is 5.92 Å². The predicted molar refractivity (Wildman–Crippen MR) is 44.4 cm³/mol. The van der Waals surface area contributed by atoms with E-state index in [9.17, 15) is 9.59 Å². The van der Waals surface area contributed by atoms with Crippen LogP contribution in [0.1, 0.15) is 40.0 Å². The first kappa shape index (κ1) is 10.3. The smallest absolute Gasteiger partial charge is 0.143 e. The molecule has 2 nitrogen and oxygen atoms in total. The molecule has 0 aromatic carbocycles. The molecule has 0 aromatic heterocycles. The first-order valence-corrected chi connectivity index (χ1v) is 4.16. The van der Waals surface area contributed by atoms with Crippen LogP contribution in [0.3, 0.4) is 0 Å². The van der Waals surface area contributed by atoms with Crippen molar-refractivity contribution in [3.63, 3.8) is 0 Å². The molecule has 0 aliphatic carbocycles.